The highest BCUT2D eigenvalue weighted by atomic mass is 35.5. The number of hydrogen-bond acceptors (Lipinski definition) is 6. The number of rotatable bonds is 5. The van der Waals surface area contributed by atoms with Gasteiger partial charge < -0.3 is 5.73 Å². The highest BCUT2D eigenvalue weighted by molar-refractivity contribution is 7.13. The lowest BCUT2D eigenvalue weighted by Gasteiger charge is -2.02. The van der Waals surface area contributed by atoms with Crippen LogP contribution in [0.3, 0.4) is 0 Å². The summed E-state index contributed by atoms with van der Waals surface area (Å²) in [5, 5.41) is 16.8. The van der Waals surface area contributed by atoms with Crippen LogP contribution in [-0.4, -0.2) is 20.3 Å². The van der Waals surface area contributed by atoms with Crippen molar-refractivity contribution in [2.45, 2.75) is 0 Å². The minimum atomic E-state index is -0.913. The number of para-hydroxylation sites is 1. The van der Waals surface area contributed by atoms with Crippen molar-refractivity contribution in [3.05, 3.63) is 108 Å². The number of amides is 1. The number of halogens is 1. The van der Waals surface area contributed by atoms with Gasteiger partial charge in [-0.25, -0.2) is 4.68 Å². The summed E-state index contributed by atoms with van der Waals surface area (Å²) < 4.78 is 3.53. The van der Waals surface area contributed by atoms with Crippen LogP contribution in [0.25, 0.3) is 33.6 Å². The zero-order valence-electron chi connectivity index (χ0n) is 18.5. The molecule has 0 spiro atoms. The van der Waals surface area contributed by atoms with E-state index in [2.05, 4.69) is 0 Å². The summed E-state index contributed by atoms with van der Waals surface area (Å²) in [5.74, 6) is -0.913. The molecule has 176 valence electrons. The normalized spacial score (nSPS) is 12.4. The highest BCUT2D eigenvalue weighted by Crippen LogP contribution is 2.28. The molecule has 0 aliphatic carbocycles. The Morgan fingerprint density at radius 1 is 1.06 bits per heavy atom. The van der Waals surface area contributed by atoms with Crippen molar-refractivity contribution < 1.29 is 4.79 Å². The van der Waals surface area contributed by atoms with E-state index in [9.17, 15) is 14.9 Å². The maximum Gasteiger partial charge on any atom is 0.273 e. The second-order valence-electron chi connectivity index (χ2n) is 7.57. The fourth-order valence-corrected chi connectivity index (χ4v) is 5.59. The quantitative estimate of drug-likeness (QED) is 0.376. The van der Waals surface area contributed by atoms with Crippen molar-refractivity contribution in [2.24, 2.45) is 5.73 Å². The summed E-state index contributed by atoms with van der Waals surface area (Å²) in [6.45, 7) is 0. The van der Waals surface area contributed by atoms with Gasteiger partial charge in [0.2, 0.25) is 0 Å². The van der Waals surface area contributed by atoms with Crippen LogP contribution in [0.2, 0.25) is 5.02 Å². The van der Waals surface area contributed by atoms with Gasteiger partial charge in [0.05, 0.1) is 20.8 Å². The minimum Gasteiger partial charge on any atom is -0.365 e. The summed E-state index contributed by atoms with van der Waals surface area (Å²) in [6, 6.07) is 21.9. The molecule has 5 rings (SSSR count). The molecular weight excluding hydrogens is 514 g/mol. The maximum absolute atomic E-state index is 13.6. The first-order chi connectivity index (χ1) is 17.5. The molecule has 0 bridgehead atoms. The van der Waals surface area contributed by atoms with Gasteiger partial charge >= 0.3 is 0 Å². The Labute approximate surface area is 217 Å². The molecule has 0 radical (unpaired) electrons. The smallest absolute Gasteiger partial charge is 0.273 e. The van der Waals surface area contributed by atoms with E-state index in [-0.39, 0.29) is 10.2 Å². The number of primary amides is 1. The number of thiazole rings is 1. The molecular formula is C26H16ClN5O2S2. The first kappa shape index (κ1) is 23.5. The van der Waals surface area contributed by atoms with Crippen molar-refractivity contribution in [1.82, 2.24) is 14.3 Å². The van der Waals surface area contributed by atoms with Crippen LogP contribution in [0.5, 0.6) is 0 Å². The monoisotopic (exact) mass is 529 g/mol. The number of aromatic nitrogens is 3. The molecule has 3 heterocycles. The van der Waals surface area contributed by atoms with E-state index in [1.807, 2.05) is 60.1 Å². The van der Waals surface area contributed by atoms with E-state index in [1.54, 1.807) is 35.0 Å². The van der Waals surface area contributed by atoms with Crippen molar-refractivity contribution in [1.29, 1.82) is 5.26 Å². The van der Waals surface area contributed by atoms with Crippen molar-refractivity contribution >= 4 is 51.8 Å². The predicted molar refractivity (Wildman–Crippen MR) is 143 cm³/mol. The van der Waals surface area contributed by atoms with Gasteiger partial charge in [-0.15, -0.1) is 22.7 Å². The average Bonchev–Trinajstić information content (AvgIpc) is 3.61. The van der Waals surface area contributed by atoms with Crippen molar-refractivity contribution in [3.63, 3.8) is 0 Å². The molecule has 0 saturated carbocycles. The fourth-order valence-electron chi connectivity index (χ4n) is 3.63. The number of benzene rings is 2. The third-order valence-corrected chi connectivity index (χ3v) is 7.51. The zero-order valence-corrected chi connectivity index (χ0v) is 20.8. The molecule has 10 heteroatoms. The Morgan fingerprint density at radius 3 is 2.44 bits per heavy atom. The number of carbonyl (C=O) groups is 1. The van der Waals surface area contributed by atoms with Gasteiger partial charge in [0, 0.05) is 16.8 Å². The second-order valence-corrected chi connectivity index (χ2v) is 9.99. The SMILES string of the molecule is N#C/C(C(N)=O)=c1/s/c(=C/c2cn(-c3ccccc3)nc2-c2cccs2)c(=O)n1-c1ccc(Cl)cc1. The molecule has 0 atom stereocenters. The topological polar surface area (TPSA) is 107 Å². The molecule has 0 aliphatic rings. The summed E-state index contributed by atoms with van der Waals surface area (Å²) in [4.78, 5) is 26.6. The molecule has 0 aliphatic heterocycles. The Balaban J connectivity index is 1.80. The number of nitrogens with two attached hydrogens (primary N) is 1. The molecule has 1 amide bonds. The Bertz CT molecular complexity index is 1790. The van der Waals surface area contributed by atoms with Crippen LogP contribution < -0.4 is 20.5 Å². The van der Waals surface area contributed by atoms with Gasteiger partial charge in [-0.2, -0.15) is 10.4 Å². The van der Waals surface area contributed by atoms with Gasteiger partial charge in [0.25, 0.3) is 11.5 Å². The van der Waals surface area contributed by atoms with Crippen LogP contribution in [-0.2, 0) is 4.79 Å². The van der Waals surface area contributed by atoms with Crippen molar-refractivity contribution in [3.8, 4) is 28.0 Å². The van der Waals surface area contributed by atoms with Crippen LogP contribution in [0.4, 0.5) is 0 Å². The third kappa shape index (κ3) is 4.41. The molecule has 2 aromatic carbocycles. The first-order valence-corrected chi connectivity index (χ1v) is 12.7. The van der Waals surface area contributed by atoms with Crippen LogP contribution in [0.1, 0.15) is 5.56 Å². The summed E-state index contributed by atoms with van der Waals surface area (Å²) in [5.41, 5.74) is 7.53. The lowest BCUT2D eigenvalue weighted by molar-refractivity contribution is -0.112. The van der Waals surface area contributed by atoms with Gasteiger partial charge in [-0.05, 0) is 53.9 Å². The van der Waals surface area contributed by atoms with Gasteiger partial charge in [-0.1, -0.05) is 35.9 Å². The zero-order chi connectivity index (χ0) is 25.2. The number of thiophene rings is 1. The predicted octanol–water partition coefficient (Wildman–Crippen LogP) is 3.45. The molecule has 5 aromatic rings. The first-order valence-electron chi connectivity index (χ1n) is 10.6. The summed E-state index contributed by atoms with van der Waals surface area (Å²) in [6.07, 6.45) is 3.57. The third-order valence-electron chi connectivity index (χ3n) is 5.28. The summed E-state index contributed by atoms with van der Waals surface area (Å²) >= 11 is 8.58. The number of hydrogen-bond donors (Lipinski definition) is 1. The minimum absolute atomic E-state index is 0.150. The van der Waals surface area contributed by atoms with Crippen LogP contribution in [0, 0.1) is 11.3 Å². The van der Waals surface area contributed by atoms with E-state index in [4.69, 9.17) is 22.4 Å². The van der Waals surface area contributed by atoms with E-state index in [0.717, 1.165) is 21.9 Å². The second kappa shape index (κ2) is 9.79. The molecule has 2 N–H and O–H groups in total. The average molecular weight is 530 g/mol. The molecule has 3 aromatic heterocycles. The van der Waals surface area contributed by atoms with Gasteiger partial charge in [-0.3, -0.25) is 14.2 Å². The molecule has 36 heavy (non-hydrogen) atoms. The summed E-state index contributed by atoms with van der Waals surface area (Å²) in [7, 11) is 0. The fraction of sp³-hybridized carbons (Fsp3) is 0. The number of nitriles is 1. The Morgan fingerprint density at radius 2 is 1.81 bits per heavy atom. The van der Waals surface area contributed by atoms with E-state index < -0.39 is 11.5 Å². The van der Waals surface area contributed by atoms with Crippen LogP contribution in [0.15, 0.2) is 83.1 Å². The molecule has 0 fully saturated rings. The van der Waals surface area contributed by atoms with Gasteiger partial charge in [0.15, 0.2) is 5.57 Å². The largest absolute Gasteiger partial charge is 0.365 e. The standard InChI is InChI=1S/C26H16ClN5O2S2/c27-17-8-10-19(11-9-17)32-25(34)22(36-26(32)20(14-28)24(29)33)13-16-15-31(18-5-2-1-3-6-18)30-23(16)21-7-4-12-35-21/h1-13,15H,(H2,29,33)/b22-13+,26-20-. The van der Waals surface area contributed by atoms with Crippen molar-refractivity contribution in [2.75, 3.05) is 0 Å². The highest BCUT2D eigenvalue weighted by Gasteiger charge is 2.17. The van der Waals surface area contributed by atoms with E-state index in [1.165, 1.54) is 15.9 Å². The number of nitrogens with zero attached hydrogens (tertiary/aromatic N) is 4. The molecule has 0 saturated heterocycles. The van der Waals surface area contributed by atoms with E-state index in [0.29, 0.717) is 26.5 Å². The van der Waals surface area contributed by atoms with E-state index >= 15 is 0 Å². The number of carbonyl (C=O) groups excluding carboxylic acids is 1. The maximum atomic E-state index is 13.6. The lowest BCUT2D eigenvalue weighted by Crippen LogP contribution is -2.32. The Hall–Kier alpha value is -4.23. The Kier molecular flexibility index (Phi) is 6.40. The van der Waals surface area contributed by atoms with Crippen LogP contribution >= 0.6 is 34.3 Å². The lowest BCUT2D eigenvalue weighted by atomic mass is 10.2. The van der Waals surface area contributed by atoms with Gasteiger partial charge in [0.1, 0.15) is 16.4 Å². The molecule has 0 unspecified atom stereocenters. The molecule has 7 nitrogen and oxygen atoms in total.